The summed E-state index contributed by atoms with van der Waals surface area (Å²) in [5, 5.41) is 21.0. The van der Waals surface area contributed by atoms with Crippen LogP contribution in [0.5, 0.6) is 0 Å². The van der Waals surface area contributed by atoms with Gasteiger partial charge in [-0.05, 0) is 41.8 Å². The van der Waals surface area contributed by atoms with E-state index in [-0.39, 0.29) is 19.1 Å². The van der Waals surface area contributed by atoms with Crippen molar-refractivity contribution in [2.24, 2.45) is 4.99 Å². The van der Waals surface area contributed by atoms with Crippen molar-refractivity contribution < 1.29 is 15.0 Å². The van der Waals surface area contributed by atoms with E-state index < -0.39 is 6.04 Å². The third kappa shape index (κ3) is 4.34. The molecular weight excluding hydrogens is 308 g/mol. The van der Waals surface area contributed by atoms with Gasteiger partial charge in [-0.15, -0.1) is 11.8 Å². The zero-order valence-electron chi connectivity index (χ0n) is 11.4. The van der Waals surface area contributed by atoms with E-state index in [1.54, 1.807) is 17.8 Å². The van der Waals surface area contributed by atoms with Crippen molar-refractivity contribution in [2.45, 2.75) is 10.9 Å². The number of carbonyl (C=O) groups is 1. The second-order valence-electron chi connectivity index (χ2n) is 4.29. The Hall–Kier alpha value is -1.28. The number of nitrogens with zero attached hydrogens (tertiary/aromatic N) is 1. The molecule has 0 spiro atoms. The first kappa shape index (κ1) is 16.1. The summed E-state index contributed by atoms with van der Waals surface area (Å²) >= 11 is 2.87. The van der Waals surface area contributed by atoms with Gasteiger partial charge in [-0.25, -0.2) is 0 Å². The second kappa shape index (κ2) is 7.65. The Kier molecular flexibility index (Phi) is 5.86. The zero-order valence-corrected chi connectivity index (χ0v) is 13.1. The summed E-state index contributed by atoms with van der Waals surface area (Å²) in [7, 11) is 0. The van der Waals surface area contributed by atoms with E-state index in [9.17, 15) is 4.79 Å². The van der Waals surface area contributed by atoms with Gasteiger partial charge in [0.25, 0.3) is 5.91 Å². The van der Waals surface area contributed by atoms with Crippen LogP contribution >= 0.6 is 23.5 Å². The van der Waals surface area contributed by atoms with Gasteiger partial charge >= 0.3 is 0 Å². The summed E-state index contributed by atoms with van der Waals surface area (Å²) in [6, 6.07) is 7.29. The van der Waals surface area contributed by atoms with Gasteiger partial charge in [0, 0.05) is 4.90 Å². The molecule has 0 radical (unpaired) electrons. The number of nitrogens with one attached hydrogen (secondary N) is 1. The van der Waals surface area contributed by atoms with E-state index in [0.717, 1.165) is 10.5 Å². The van der Waals surface area contributed by atoms with Crippen LogP contribution in [0.2, 0.25) is 0 Å². The first-order valence-electron chi connectivity index (χ1n) is 6.30. The van der Waals surface area contributed by atoms with Crippen molar-refractivity contribution in [1.29, 1.82) is 0 Å². The van der Waals surface area contributed by atoms with Gasteiger partial charge in [0.15, 0.2) is 5.17 Å². The molecule has 0 aliphatic carbocycles. The first-order valence-corrected chi connectivity index (χ1v) is 8.35. The lowest BCUT2D eigenvalue weighted by Crippen LogP contribution is -2.24. The third-order valence-corrected chi connectivity index (χ3v) is 4.45. The number of amides is 1. The number of benzene rings is 1. The third-order valence-electron chi connectivity index (χ3n) is 2.79. The van der Waals surface area contributed by atoms with E-state index in [1.165, 1.54) is 11.8 Å². The smallest absolute Gasteiger partial charge is 0.264 e. The molecule has 1 aliphatic rings. The van der Waals surface area contributed by atoms with Crippen LogP contribution in [0.15, 0.2) is 39.1 Å². The monoisotopic (exact) mass is 324 g/mol. The lowest BCUT2D eigenvalue weighted by Gasteiger charge is -2.04. The molecule has 1 saturated heterocycles. The molecule has 1 aromatic rings. The largest absolute Gasteiger partial charge is 0.394 e. The minimum atomic E-state index is -0.604. The van der Waals surface area contributed by atoms with Crippen molar-refractivity contribution in [2.75, 3.05) is 19.5 Å². The van der Waals surface area contributed by atoms with E-state index in [2.05, 4.69) is 10.3 Å². The maximum Gasteiger partial charge on any atom is 0.264 e. The summed E-state index contributed by atoms with van der Waals surface area (Å²) in [5.41, 5.74) is 0.938. The molecule has 3 N–H and O–H groups in total. The second-order valence-corrected chi connectivity index (χ2v) is 6.20. The van der Waals surface area contributed by atoms with Crippen LogP contribution in [0.25, 0.3) is 6.08 Å². The molecule has 1 aliphatic heterocycles. The lowest BCUT2D eigenvalue weighted by molar-refractivity contribution is -0.115. The van der Waals surface area contributed by atoms with Crippen LogP contribution in [-0.4, -0.2) is 46.8 Å². The van der Waals surface area contributed by atoms with E-state index >= 15 is 0 Å². The molecule has 1 amide bonds. The Morgan fingerprint density at radius 3 is 2.57 bits per heavy atom. The number of aliphatic hydroxyl groups excluding tert-OH is 2. The average Bonchev–Trinajstić information content (AvgIpc) is 2.85. The van der Waals surface area contributed by atoms with Crippen LogP contribution in [0, 0.1) is 0 Å². The minimum Gasteiger partial charge on any atom is -0.394 e. The van der Waals surface area contributed by atoms with Gasteiger partial charge in [-0.2, -0.15) is 0 Å². The Morgan fingerprint density at radius 1 is 1.33 bits per heavy atom. The fourth-order valence-electron chi connectivity index (χ4n) is 1.65. The van der Waals surface area contributed by atoms with Gasteiger partial charge in [0.2, 0.25) is 0 Å². The standard InChI is InChI=1S/C14H16N2O3S2/c1-20-11-4-2-9(3-5-11)6-12-13(19)16-14(21-12)15-10(7-17)8-18/h2-6,10,17-18H,7-8H2,1H3,(H,15,16,19). The Morgan fingerprint density at radius 2 is 2.00 bits per heavy atom. The summed E-state index contributed by atoms with van der Waals surface area (Å²) in [5.74, 6) is -0.220. The van der Waals surface area contributed by atoms with Crippen LogP contribution in [0.4, 0.5) is 0 Å². The molecule has 7 heteroatoms. The normalized spacial score (nSPS) is 18.8. The SMILES string of the molecule is CSc1ccc(C=C2SC(=NC(CO)CO)NC2=O)cc1. The van der Waals surface area contributed by atoms with Crippen LogP contribution in [-0.2, 0) is 4.79 Å². The number of aliphatic imine (C=N–C) groups is 1. The summed E-state index contributed by atoms with van der Waals surface area (Å²) in [6.45, 7) is -0.517. The molecular formula is C14H16N2O3S2. The highest BCUT2D eigenvalue weighted by Crippen LogP contribution is 2.27. The van der Waals surface area contributed by atoms with E-state index in [4.69, 9.17) is 10.2 Å². The van der Waals surface area contributed by atoms with Crippen LogP contribution in [0.3, 0.4) is 0 Å². The molecule has 0 saturated carbocycles. The summed E-state index contributed by atoms with van der Waals surface area (Å²) < 4.78 is 0. The van der Waals surface area contributed by atoms with E-state index in [0.29, 0.717) is 10.1 Å². The molecule has 112 valence electrons. The average molecular weight is 324 g/mol. The molecule has 2 rings (SSSR count). The number of amidine groups is 1. The fourth-order valence-corrected chi connectivity index (χ4v) is 2.95. The highest BCUT2D eigenvalue weighted by molar-refractivity contribution is 8.18. The molecule has 0 unspecified atom stereocenters. The zero-order chi connectivity index (χ0) is 15.2. The molecule has 21 heavy (non-hydrogen) atoms. The number of aliphatic hydroxyl groups is 2. The van der Waals surface area contributed by atoms with Crippen molar-refractivity contribution >= 4 is 40.7 Å². The quantitative estimate of drug-likeness (QED) is 0.562. The van der Waals surface area contributed by atoms with Crippen LogP contribution in [0.1, 0.15) is 5.56 Å². The predicted octanol–water partition coefficient (Wildman–Crippen LogP) is 1.32. The molecule has 5 nitrogen and oxygen atoms in total. The molecule has 0 aromatic heterocycles. The summed E-state index contributed by atoms with van der Waals surface area (Å²) in [6.07, 6.45) is 3.80. The first-order chi connectivity index (χ1) is 10.2. The van der Waals surface area contributed by atoms with Gasteiger partial charge in [0.1, 0.15) is 0 Å². The van der Waals surface area contributed by atoms with Gasteiger partial charge in [0.05, 0.1) is 24.2 Å². The molecule has 1 heterocycles. The topological polar surface area (TPSA) is 81.9 Å². The minimum absolute atomic E-state index is 0.220. The maximum absolute atomic E-state index is 11.9. The molecule has 1 aromatic carbocycles. The van der Waals surface area contributed by atoms with Gasteiger partial charge in [-0.1, -0.05) is 12.1 Å². The number of hydrogen-bond donors (Lipinski definition) is 3. The molecule has 0 atom stereocenters. The Bertz CT molecular complexity index is 566. The van der Waals surface area contributed by atoms with Crippen molar-refractivity contribution in [3.8, 4) is 0 Å². The lowest BCUT2D eigenvalue weighted by atomic mass is 10.2. The van der Waals surface area contributed by atoms with Gasteiger partial charge < -0.3 is 15.5 Å². The highest BCUT2D eigenvalue weighted by Gasteiger charge is 2.24. The summed E-state index contributed by atoms with van der Waals surface area (Å²) in [4.78, 5) is 17.7. The van der Waals surface area contributed by atoms with Crippen molar-refractivity contribution in [1.82, 2.24) is 5.32 Å². The van der Waals surface area contributed by atoms with Gasteiger partial charge in [-0.3, -0.25) is 9.79 Å². The van der Waals surface area contributed by atoms with Crippen LogP contribution < -0.4 is 5.32 Å². The predicted molar refractivity (Wildman–Crippen MR) is 87.3 cm³/mol. The maximum atomic E-state index is 11.9. The highest BCUT2D eigenvalue weighted by atomic mass is 32.2. The van der Waals surface area contributed by atoms with E-state index in [1.807, 2.05) is 30.5 Å². The van der Waals surface area contributed by atoms with Crippen molar-refractivity contribution in [3.63, 3.8) is 0 Å². The number of carbonyl (C=O) groups excluding carboxylic acids is 1. The molecule has 1 fully saturated rings. The number of rotatable bonds is 5. The number of hydrogen-bond acceptors (Lipinski definition) is 6. The Balaban J connectivity index is 2.13. The molecule has 0 bridgehead atoms. The Labute approximate surface area is 131 Å². The van der Waals surface area contributed by atoms with Crippen molar-refractivity contribution in [3.05, 3.63) is 34.7 Å². The fraction of sp³-hybridized carbons (Fsp3) is 0.286. The number of thioether (sulfide) groups is 2.